The molecule has 2 aromatic carbocycles. The summed E-state index contributed by atoms with van der Waals surface area (Å²) in [6.07, 6.45) is 2.51. The highest BCUT2D eigenvalue weighted by Gasteiger charge is 1.88. The summed E-state index contributed by atoms with van der Waals surface area (Å²) in [4.78, 5) is 9.75. The van der Waals surface area contributed by atoms with Crippen LogP contribution >= 0.6 is 31.9 Å². The van der Waals surface area contributed by atoms with E-state index in [1.165, 1.54) is 13.2 Å². The van der Waals surface area contributed by atoms with E-state index in [-0.39, 0.29) is 5.97 Å². The summed E-state index contributed by atoms with van der Waals surface area (Å²) >= 11 is 6.55. The standard InChI is InChI=1S/C8H7BrO.C6H5BrO.C4H6O2/c1-2-10-8-5-3-7(9)4-6-8;7-5-1-3-6(8)4-2-5;1-3-6-4(2)5/h2-6H,1H2;1-4,8H;3H,1H2,2H3. The fourth-order valence-electron chi connectivity index (χ4n) is 1.17. The number of phenolic OH excluding ortho intramolecular Hbond substituents is 1. The van der Waals surface area contributed by atoms with Crippen LogP contribution in [-0.4, -0.2) is 11.1 Å². The Hall–Kier alpha value is -2.05. The zero-order chi connectivity index (χ0) is 18.4. The molecule has 2 aromatic rings. The van der Waals surface area contributed by atoms with Crippen molar-refractivity contribution in [1.82, 2.24) is 0 Å². The summed E-state index contributed by atoms with van der Waals surface area (Å²) in [5.74, 6) is 0.774. The molecular formula is C18H18Br2O4. The van der Waals surface area contributed by atoms with Gasteiger partial charge in [-0.05, 0) is 48.5 Å². The van der Waals surface area contributed by atoms with Crippen LogP contribution in [0.2, 0.25) is 0 Å². The quantitative estimate of drug-likeness (QED) is 0.466. The van der Waals surface area contributed by atoms with Crippen molar-refractivity contribution in [2.24, 2.45) is 0 Å². The fourth-order valence-corrected chi connectivity index (χ4v) is 1.70. The lowest BCUT2D eigenvalue weighted by Gasteiger charge is -1.97. The molecule has 0 unspecified atom stereocenters. The van der Waals surface area contributed by atoms with Crippen molar-refractivity contribution in [3.05, 3.63) is 83.2 Å². The van der Waals surface area contributed by atoms with Crippen LogP contribution in [0.4, 0.5) is 0 Å². The zero-order valence-corrected chi connectivity index (χ0v) is 16.3. The zero-order valence-electron chi connectivity index (χ0n) is 13.1. The molecule has 0 radical (unpaired) electrons. The van der Waals surface area contributed by atoms with Crippen LogP contribution < -0.4 is 4.74 Å². The van der Waals surface area contributed by atoms with Crippen molar-refractivity contribution in [2.45, 2.75) is 6.92 Å². The number of benzene rings is 2. The van der Waals surface area contributed by atoms with Gasteiger partial charge in [0.1, 0.15) is 11.5 Å². The average molecular weight is 458 g/mol. The molecule has 1 N–H and O–H groups in total. The normalized spacial score (nSPS) is 8.46. The Bertz CT molecular complexity index is 601. The number of carbonyl (C=O) groups is 1. The molecule has 0 bridgehead atoms. The van der Waals surface area contributed by atoms with Gasteiger partial charge in [0.05, 0.1) is 12.5 Å². The summed E-state index contributed by atoms with van der Waals surface area (Å²) in [6, 6.07) is 14.4. The third-order valence-electron chi connectivity index (χ3n) is 2.11. The lowest BCUT2D eigenvalue weighted by molar-refractivity contribution is -0.135. The van der Waals surface area contributed by atoms with Crippen LogP contribution in [0.25, 0.3) is 0 Å². The largest absolute Gasteiger partial charge is 0.508 e. The van der Waals surface area contributed by atoms with Gasteiger partial charge in [-0.25, -0.2) is 0 Å². The lowest BCUT2D eigenvalue weighted by atomic mass is 10.3. The van der Waals surface area contributed by atoms with E-state index in [9.17, 15) is 4.79 Å². The second-order valence-corrected chi connectivity index (χ2v) is 5.82. The van der Waals surface area contributed by atoms with Crippen molar-refractivity contribution in [3.63, 3.8) is 0 Å². The smallest absolute Gasteiger partial charge is 0.307 e. The van der Waals surface area contributed by atoms with E-state index in [4.69, 9.17) is 9.84 Å². The van der Waals surface area contributed by atoms with Crippen molar-refractivity contribution in [2.75, 3.05) is 0 Å². The predicted molar refractivity (Wildman–Crippen MR) is 103 cm³/mol. The van der Waals surface area contributed by atoms with E-state index < -0.39 is 0 Å². The first-order chi connectivity index (χ1) is 11.4. The number of aromatic hydroxyl groups is 1. The molecule has 0 atom stereocenters. The van der Waals surface area contributed by atoms with Crippen LogP contribution in [0.15, 0.2) is 83.2 Å². The lowest BCUT2D eigenvalue weighted by Crippen LogP contribution is -1.87. The van der Waals surface area contributed by atoms with Crippen molar-refractivity contribution in [1.29, 1.82) is 0 Å². The maximum Gasteiger partial charge on any atom is 0.307 e. The molecule has 0 aliphatic rings. The first kappa shape index (κ1) is 22.0. The minimum Gasteiger partial charge on any atom is -0.508 e. The second-order valence-electron chi connectivity index (χ2n) is 3.99. The van der Waals surface area contributed by atoms with Gasteiger partial charge < -0.3 is 14.6 Å². The maximum atomic E-state index is 9.75. The highest BCUT2D eigenvalue weighted by molar-refractivity contribution is 9.10. The Morgan fingerprint density at radius 3 is 1.71 bits per heavy atom. The number of halogens is 2. The van der Waals surface area contributed by atoms with E-state index >= 15 is 0 Å². The van der Waals surface area contributed by atoms with E-state index in [0.717, 1.165) is 21.0 Å². The molecule has 6 heteroatoms. The van der Waals surface area contributed by atoms with Gasteiger partial charge in [-0.15, -0.1) is 0 Å². The summed E-state index contributed by atoms with van der Waals surface area (Å²) < 4.78 is 11.2. The van der Waals surface area contributed by atoms with Crippen LogP contribution in [-0.2, 0) is 9.53 Å². The first-order valence-corrected chi connectivity index (χ1v) is 8.23. The van der Waals surface area contributed by atoms with Crippen molar-refractivity contribution in [3.8, 4) is 11.5 Å². The van der Waals surface area contributed by atoms with E-state index in [1.54, 1.807) is 24.3 Å². The van der Waals surface area contributed by atoms with E-state index in [0.29, 0.717) is 5.75 Å². The Morgan fingerprint density at radius 2 is 1.42 bits per heavy atom. The molecule has 0 heterocycles. The van der Waals surface area contributed by atoms with Crippen molar-refractivity contribution < 1.29 is 19.4 Å². The Kier molecular flexibility index (Phi) is 12.3. The van der Waals surface area contributed by atoms with Gasteiger partial charge >= 0.3 is 5.97 Å². The third kappa shape index (κ3) is 12.5. The number of hydrogen-bond donors (Lipinski definition) is 1. The molecule has 0 aliphatic heterocycles. The topological polar surface area (TPSA) is 55.8 Å². The van der Waals surface area contributed by atoms with Gasteiger partial charge in [0, 0.05) is 15.9 Å². The van der Waals surface area contributed by atoms with E-state index in [2.05, 4.69) is 49.8 Å². The van der Waals surface area contributed by atoms with Crippen LogP contribution in [0.1, 0.15) is 6.92 Å². The van der Waals surface area contributed by atoms with Crippen molar-refractivity contribution >= 4 is 37.8 Å². The molecular weight excluding hydrogens is 440 g/mol. The second kappa shape index (κ2) is 13.4. The number of hydrogen-bond acceptors (Lipinski definition) is 4. The fraction of sp³-hybridized carbons (Fsp3) is 0.0556. The van der Waals surface area contributed by atoms with Gasteiger partial charge in [-0.2, -0.15) is 0 Å². The molecule has 0 spiro atoms. The third-order valence-corrected chi connectivity index (χ3v) is 3.17. The van der Waals surface area contributed by atoms with E-state index in [1.807, 2.05) is 24.3 Å². The Balaban J connectivity index is 0.000000343. The molecule has 0 aromatic heterocycles. The van der Waals surface area contributed by atoms with Gasteiger partial charge in [0.2, 0.25) is 0 Å². The predicted octanol–water partition coefficient (Wildman–Crippen LogP) is 5.82. The summed E-state index contributed by atoms with van der Waals surface area (Å²) in [6.45, 7) is 7.92. The number of ether oxygens (including phenoxy) is 2. The van der Waals surface area contributed by atoms with Crippen LogP contribution in [0.5, 0.6) is 11.5 Å². The monoisotopic (exact) mass is 456 g/mol. The molecule has 24 heavy (non-hydrogen) atoms. The summed E-state index contributed by atoms with van der Waals surface area (Å²) in [5, 5.41) is 8.74. The number of esters is 1. The number of rotatable bonds is 3. The van der Waals surface area contributed by atoms with Gasteiger partial charge in [0.25, 0.3) is 0 Å². The number of phenols is 1. The highest BCUT2D eigenvalue weighted by Crippen LogP contribution is 2.15. The average Bonchev–Trinajstić information content (AvgIpc) is 2.54. The molecule has 128 valence electrons. The van der Waals surface area contributed by atoms with Crippen LogP contribution in [0, 0.1) is 0 Å². The molecule has 2 rings (SSSR count). The molecule has 0 aliphatic carbocycles. The molecule has 0 saturated heterocycles. The van der Waals surface area contributed by atoms with Gasteiger partial charge in [0.15, 0.2) is 0 Å². The van der Waals surface area contributed by atoms with Crippen LogP contribution in [0.3, 0.4) is 0 Å². The molecule has 0 fully saturated rings. The maximum absolute atomic E-state index is 9.75. The molecule has 0 amide bonds. The number of carbonyl (C=O) groups excluding carboxylic acids is 1. The highest BCUT2D eigenvalue weighted by atomic mass is 79.9. The minimum absolute atomic E-state index is 0.299. The first-order valence-electron chi connectivity index (χ1n) is 6.64. The summed E-state index contributed by atoms with van der Waals surface area (Å²) in [5.41, 5.74) is 0. The Morgan fingerprint density at radius 1 is 0.958 bits per heavy atom. The molecule has 4 nitrogen and oxygen atoms in total. The Labute approximate surface area is 158 Å². The minimum atomic E-state index is -0.329. The van der Waals surface area contributed by atoms with Gasteiger partial charge in [-0.3, -0.25) is 4.79 Å². The van der Waals surface area contributed by atoms with Gasteiger partial charge in [-0.1, -0.05) is 45.0 Å². The SMILES string of the molecule is C=COC(C)=O.C=COc1ccc(Br)cc1.Oc1ccc(Br)cc1. The molecule has 0 saturated carbocycles. The summed E-state index contributed by atoms with van der Waals surface area (Å²) in [7, 11) is 0.